The fourth-order valence-corrected chi connectivity index (χ4v) is 1.05. The molecule has 0 saturated carbocycles. The van der Waals surface area contributed by atoms with E-state index in [4.69, 9.17) is 0 Å². The molecule has 0 amide bonds. The molecule has 0 aromatic carbocycles. The molecule has 0 spiro atoms. The summed E-state index contributed by atoms with van der Waals surface area (Å²) in [5, 5.41) is 0. The van der Waals surface area contributed by atoms with Crippen LogP contribution in [0, 0.1) is 0 Å². The van der Waals surface area contributed by atoms with Crippen molar-refractivity contribution in [2.24, 2.45) is 0 Å². The summed E-state index contributed by atoms with van der Waals surface area (Å²) in [6.45, 7) is 6.47. The van der Waals surface area contributed by atoms with E-state index in [1.165, 1.54) is 0 Å². The first kappa shape index (κ1) is 8.72. The quantitative estimate of drug-likeness (QED) is 0.646. The Morgan fingerprint density at radius 2 is 1.91 bits per heavy atom. The van der Waals surface area contributed by atoms with E-state index in [-0.39, 0.29) is 5.41 Å². The Hall–Kier alpha value is -0.370. The smallest absolute Gasteiger partial charge is 0.0457 e. The van der Waals surface area contributed by atoms with Gasteiger partial charge in [0.05, 0.1) is 0 Å². The Balaban J connectivity index is 2.99. The Morgan fingerprint density at radius 1 is 1.27 bits per heavy atom. The molecule has 60 valence electrons. The van der Waals surface area contributed by atoms with Crippen LogP contribution in [0.5, 0.6) is 0 Å². The third kappa shape index (κ3) is 2.29. The summed E-state index contributed by atoms with van der Waals surface area (Å²) < 4.78 is 1.03. The molecule has 1 aromatic rings. The van der Waals surface area contributed by atoms with E-state index in [0.717, 1.165) is 10.2 Å². The Morgan fingerprint density at radius 3 is 2.27 bits per heavy atom. The highest BCUT2D eigenvalue weighted by Crippen LogP contribution is 2.20. The monoisotopic (exact) mass is 213 g/mol. The molecule has 0 atom stereocenters. The van der Waals surface area contributed by atoms with Crippen LogP contribution in [0.15, 0.2) is 22.8 Å². The van der Waals surface area contributed by atoms with Gasteiger partial charge in [0.2, 0.25) is 0 Å². The molecule has 0 unspecified atom stereocenters. The third-order valence-corrected chi connectivity index (χ3v) is 1.96. The average Bonchev–Trinajstić information content (AvgIpc) is 1.86. The van der Waals surface area contributed by atoms with Gasteiger partial charge in [0.25, 0.3) is 0 Å². The lowest BCUT2D eigenvalue weighted by molar-refractivity contribution is 0.568. The lowest BCUT2D eigenvalue weighted by atomic mass is 9.92. The van der Waals surface area contributed by atoms with Crippen LogP contribution in [-0.4, -0.2) is 4.98 Å². The molecule has 1 aromatic heterocycles. The Kier molecular flexibility index (Phi) is 2.33. The van der Waals surface area contributed by atoms with Gasteiger partial charge in [0.1, 0.15) is 0 Å². The highest BCUT2D eigenvalue weighted by Gasteiger charge is 2.13. The molecule has 0 saturated heterocycles. The number of pyridine rings is 1. The molecular formula is C9H12BrN. The van der Waals surface area contributed by atoms with E-state index < -0.39 is 0 Å². The lowest BCUT2D eigenvalue weighted by Gasteiger charge is -2.16. The fraction of sp³-hybridized carbons (Fsp3) is 0.444. The van der Waals surface area contributed by atoms with Gasteiger partial charge in [-0.2, -0.15) is 0 Å². The fourth-order valence-electron chi connectivity index (χ4n) is 0.819. The van der Waals surface area contributed by atoms with Crippen LogP contribution >= 0.6 is 15.9 Å². The molecule has 2 heteroatoms. The second-order valence-electron chi connectivity index (χ2n) is 3.61. The van der Waals surface area contributed by atoms with Crippen LogP contribution in [0.1, 0.15) is 26.5 Å². The maximum Gasteiger partial charge on any atom is 0.0457 e. The van der Waals surface area contributed by atoms with Gasteiger partial charge < -0.3 is 0 Å². The highest BCUT2D eigenvalue weighted by molar-refractivity contribution is 9.10. The van der Waals surface area contributed by atoms with Gasteiger partial charge in [-0.15, -0.1) is 0 Å². The van der Waals surface area contributed by atoms with Crippen molar-refractivity contribution < 1.29 is 0 Å². The van der Waals surface area contributed by atoms with Crippen molar-refractivity contribution in [2.75, 3.05) is 0 Å². The summed E-state index contributed by atoms with van der Waals surface area (Å²) in [6.07, 6.45) is 1.83. The molecule has 0 N–H and O–H groups in total. The minimum Gasteiger partial charge on any atom is -0.260 e. The average molecular weight is 214 g/mol. The molecule has 0 radical (unpaired) electrons. The van der Waals surface area contributed by atoms with Crippen LogP contribution in [0.25, 0.3) is 0 Å². The first-order chi connectivity index (χ1) is 5.00. The van der Waals surface area contributed by atoms with Crippen LogP contribution in [0.2, 0.25) is 0 Å². The Bertz CT molecular complexity index is 233. The minimum atomic E-state index is 0.153. The molecular weight excluding hydrogens is 202 g/mol. The van der Waals surface area contributed by atoms with E-state index in [0.29, 0.717) is 0 Å². The molecule has 0 aliphatic heterocycles. The van der Waals surface area contributed by atoms with Crippen LogP contribution in [-0.2, 0) is 5.41 Å². The van der Waals surface area contributed by atoms with Gasteiger partial charge in [-0.05, 0) is 28.1 Å². The van der Waals surface area contributed by atoms with Crippen molar-refractivity contribution in [3.63, 3.8) is 0 Å². The molecule has 0 aliphatic carbocycles. The van der Waals surface area contributed by atoms with E-state index in [2.05, 4.69) is 41.7 Å². The van der Waals surface area contributed by atoms with Gasteiger partial charge in [0.15, 0.2) is 0 Å². The summed E-state index contributed by atoms with van der Waals surface area (Å²) >= 11 is 3.35. The van der Waals surface area contributed by atoms with Crippen LogP contribution in [0.4, 0.5) is 0 Å². The predicted molar refractivity (Wildman–Crippen MR) is 50.6 cm³/mol. The van der Waals surface area contributed by atoms with Gasteiger partial charge in [-0.3, -0.25) is 4.98 Å². The van der Waals surface area contributed by atoms with Crippen molar-refractivity contribution >= 4 is 15.9 Å². The highest BCUT2D eigenvalue weighted by atomic mass is 79.9. The lowest BCUT2D eigenvalue weighted by Crippen LogP contribution is -2.12. The molecule has 1 nitrogen and oxygen atoms in total. The minimum absolute atomic E-state index is 0.153. The number of halogens is 1. The second kappa shape index (κ2) is 2.94. The topological polar surface area (TPSA) is 12.9 Å². The first-order valence-corrected chi connectivity index (χ1v) is 4.41. The molecule has 0 bridgehead atoms. The number of hydrogen-bond acceptors (Lipinski definition) is 1. The molecule has 11 heavy (non-hydrogen) atoms. The van der Waals surface area contributed by atoms with Crippen molar-refractivity contribution in [2.45, 2.75) is 26.2 Å². The summed E-state index contributed by atoms with van der Waals surface area (Å²) in [5.41, 5.74) is 1.28. The summed E-state index contributed by atoms with van der Waals surface area (Å²) in [7, 11) is 0. The number of hydrogen-bond donors (Lipinski definition) is 0. The standard InChI is InChI=1S/C9H12BrN/c1-9(2,3)8-5-4-7(10)6-11-8/h4-6H,1-3H3. The maximum absolute atomic E-state index is 4.30. The normalized spacial score (nSPS) is 11.6. The third-order valence-electron chi connectivity index (χ3n) is 1.50. The molecule has 0 fully saturated rings. The van der Waals surface area contributed by atoms with Gasteiger partial charge in [-0.1, -0.05) is 20.8 Å². The molecule has 1 rings (SSSR count). The second-order valence-corrected chi connectivity index (χ2v) is 4.53. The van der Waals surface area contributed by atoms with Gasteiger partial charge in [0, 0.05) is 21.8 Å². The van der Waals surface area contributed by atoms with Crippen LogP contribution < -0.4 is 0 Å². The summed E-state index contributed by atoms with van der Waals surface area (Å²) in [4.78, 5) is 4.30. The van der Waals surface area contributed by atoms with Crippen molar-refractivity contribution in [1.29, 1.82) is 0 Å². The zero-order chi connectivity index (χ0) is 8.48. The van der Waals surface area contributed by atoms with Crippen molar-refractivity contribution in [3.8, 4) is 0 Å². The van der Waals surface area contributed by atoms with Crippen molar-refractivity contribution in [1.82, 2.24) is 4.98 Å². The number of nitrogens with zero attached hydrogens (tertiary/aromatic N) is 1. The zero-order valence-electron chi connectivity index (χ0n) is 7.06. The predicted octanol–water partition coefficient (Wildman–Crippen LogP) is 3.14. The van der Waals surface area contributed by atoms with Gasteiger partial charge in [-0.25, -0.2) is 0 Å². The SMILES string of the molecule is CC(C)(C)c1ccc(Br)cn1. The van der Waals surface area contributed by atoms with E-state index in [1.807, 2.05) is 18.3 Å². The number of rotatable bonds is 0. The Labute approximate surface area is 76.0 Å². The first-order valence-electron chi connectivity index (χ1n) is 3.62. The largest absolute Gasteiger partial charge is 0.260 e. The maximum atomic E-state index is 4.30. The molecule has 0 aliphatic rings. The number of aromatic nitrogens is 1. The zero-order valence-corrected chi connectivity index (χ0v) is 8.64. The van der Waals surface area contributed by atoms with Crippen molar-refractivity contribution in [3.05, 3.63) is 28.5 Å². The van der Waals surface area contributed by atoms with Gasteiger partial charge >= 0.3 is 0 Å². The van der Waals surface area contributed by atoms with E-state index >= 15 is 0 Å². The summed E-state index contributed by atoms with van der Waals surface area (Å²) in [5.74, 6) is 0. The summed E-state index contributed by atoms with van der Waals surface area (Å²) in [6, 6.07) is 4.07. The van der Waals surface area contributed by atoms with E-state index in [1.54, 1.807) is 0 Å². The van der Waals surface area contributed by atoms with E-state index in [9.17, 15) is 0 Å². The van der Waals surface area contributed by atoms with Crippen LogP contribution in [0.3, 0.4) is 0 Å². The molecule has 1 heterocycles.